The number of nitrogens with zero attached hydrogens (tertiary/aromatic N) is 1. The van der Waals surface area contributed by atoms with E-state index in [0.29, 0.717) is 0 Å². The molecule has 1 nitrogen and oxygen atoms in total. The molecule has 1 heterocycles. The van der Waals surface area contributed by atoms with Crippen LogP contribution in [0.4, 0.5) is 0 Å². The Morgan fingerprint density at radius 2 is 1.89 bits per heavy atom. The van der Waals surface area contributed by atoms with Gasteiger partial charge < -0.3 is 0 Å². The molecule has 0 amide bonds. The van der Waals surface area contributed by atoms with E-state index in [1.807, 2.05) is 12.3 Å². The van der Waals surface area contributed by atoms with Gasteiger partial charge >= 0.3 is 0 Å². The number of benzene rings is 1. The van der Waals surface area contributed by atoms with E-state index in [-0.39, 0.29) is 0 Å². The third-order valence-corrected chi connectivity index (χ3v) is 3.40. The Morgan fingerprint density at radius 3 is 2.56 bits per heavy atom. The van der Waals surface area contributed by atoms with Crippen LogP contribution in [0.1, 0.15) is 30.0 Å². The number of rotatable bonds is 3. The van der Waals surface area contributed by atoms with E-state index in [4.69, 9.17) is 0 Å². The van der Waals surface area contributed by atoms with Gasteiger partial charge in [0, 0.05) is 11.8 Å². The second-order valence-corrected chi connectivity index (χ2v) is 4.69. The Hall–Kier alpha value is -1.89. The van der Waals surface area contributed by atoms with Gasteiger partial charge in [-0.3, -0.25) is 4.98 Å². The zero-order chi connectivity index (χ0) is 13.1. The van der Waals surface area contributed by atoms with Gasteiger partial charge in [-0.1, -0.05) is 25.6 Å². The molecule has 92 valence electrons. The highest BCUT2D eigenvalue weighted by atomic mass is 14.7. The van der Waals surface area contributed by atoms with Crippen molar-refractivity contribution in [3.05, 3.63) is 59.8 Å². The molecule has 0 saturated carbocycles. The largest absolute Gasteiger partial charge is 0.256 e. The zero-order valence-corrected chi connectivity index (χ0v) is 11.3. The lowest BCUT2D eigenvalue weighted by atomic mass is 10.0. The summed E-state index contributed by atoms with van der Waals surface area (Å²) in [5.74, 6) is 0. The zero-order valence-electron chi connectivity index (χ0n) is 11.3. The summed E-state index contributed by atoms with van der Waals surface area (Å²) in [6.07, 6.45) is 2.83. The molecule has 0 aliphatic rings. The maximum absolute atomic E-state index is 4.46. The number of aryl methyl sites for hydroxylation is 2. The molecule has 0 atom stereocenters. The number of pyridine rings is 1. The lowest BCUT2D eigenvalue weighted by molar-refractivity contribution is 1.23. The molecule has 1 aromatic carbocycles. The topological polar surface area (TPSA) is 12.9 Å². The normalized spacial score (nSPS) is 10.4. The molecular weight excluding hydrogens is 218 g/mol. The Kier molecular flexibility index (Phi) is 3.61. The fraction of sp³-hybridized carbons (Fsp3) is 0.235. The van der Waals surface area contributed by atoms with Crippen molar-refractivity contribution >= 4 is 5.57 Å². The first-order chi connectivity index (χ1) is 8.61. The SMILES string of the molecule is C=C(CC)c1ccnc(-c2ccc(C)c(C)c2)c1. The third kappa shape index (κ3) is 2.51. The van der Waals surface area contributed by atoms with Crippen LogP contribution in [0.2, 0.25) is 0 Å². The van der Waals surface area contributed by atoms with Crippen LogP contribution in [0.25, 0.3) is 16.8 Å². The van der Waals surface area contributed by atoms with E-state index in [9.17, 15) is 0 Å². The molecular formula is C17H19N. The maximum Gasteiger partial charge on any atom is 0.0708 e. The minimum atomic E-state index is 0.969. The van der Waals surface area contributed by atoms with Crippen molar-refractivity contribution in [3.8, 4) is 11.3 Å². The van der Waals surface area contributed by atoms with Crippen LogP contribution in [0.15, 0.2) is 43.1 Å². The molecule has 0 aliphatic carbocycles. The summed E-state index contributed by atoms with van der Waals surface area (Å²) in [5, 5.41) is 0. The van der Waals surface area contributed by atoms with Crippen molar-refractivity contribution in [2.45, 2.75) is 27.2 Å². The molecule has 0 fully saturated rings. The summed E-state index contributed by atoms with van der Waals surface area (Å²) in [5.41, 5.74) is 7.14. The number of allylic oxidation sites excluding steroid dienone is 1. The highest BCUT2D eigenvalue weighted by Gasteiger charge is 2.03. The van der Waals surface area contributed by atoms with E-state index >= 15 is 0 Å². The van der Waals surface area contributed by atoms with Crippen LogP contribution >= 0.6 is 0 Å². The maximum atomic E-state index is 4.46. The minimum Gasteiger partial charge on any atom is -0.256 e. The Morgan fingerprint density at radius 1 is 1.11 bits per heavy atom. The van der Waals surface area contributed by atoms with Gasteiger partial charge in [-0.25, -0.2) is 0 Å². The van der Waals surface area contributed by atoms with Gasteiger partial charge in [-0.2, -0.15) is 0 Å². The lowest BCUT2D eigenvalue weighted by Gasteiger charge is -2.08. The van der Waals surface area contributed by atoms with E-state index in [1.165, 1.54) is 22.3 Å². The van der Waals surface area contributed by atoms with Crippen molar-refractivity contribution in [1.29, 1.82) is 0 Å². The second-order valence-electron chi connectivity index (χ2n) is 4.69. The second kappa shape index (κ2) is 5.18. The van der Waals surface area contributed by atoms with Crippen molar-refractivity contribution in [2.75, 3.05) is 0 Å². The highest BCUT2D eigenvalue weighted by Crippen LogP contribution is 2.24. The Labute approximate surface area is 109 Å². The molecule has 2 rings (SSSR count). The molecule has 0 saturated heterocycles. The molecule has 1 aromatic heterocycles. The minimum absolute atomic E-state index is 0.969. The average Bonchev–Trinajstić information content (AvgIpc) is 2.41. The van der Waals surface area contributed by atoms with Crippen LogP contribution in [0.3, 0.4) is 0 Å². The third-order valence-electron chi connectivity index (χ3n) is 3.40. The fourth-order valence-corrected chi connectivity index (χ4v) is 1.91. The average molecular weight is 237 g/mol. The molecule has 1 heteroatoms. The summed E-state index contributed by atoms with van der Waals surface area (Å²) in [7, 11) is 0. The van der Waals surface area contributed by atoms with Crippen LogP contribution in [-0.4, -0.2) is 4.98 Å². The van der Waals surface area contributed by atoms with E-state index in [2.05, 4.69) is 56.6 Å². The molecule has 0 spiro atoms. The van der Waals surface area contributed by atoms with Gasteiger partial charge in [-0.15, -0.1) is 0 Å². The molecule has 0 unspecified atom stereocenters. The van der Waals surface area contributed by atoms with Crippen molar-refractivity contribution < 1.29 is 0 Å². The first kappa shape index (κ1) is 12.6. The van der Waals surface area contributed by atoms with Crippen LogP contribution < -0.4 is 0 Å². The van der Waals surface area contributed by atoms with Gasteiger partial charge in [-0.05, 0) is 60.7 Å². The summed E-state index contributed by atoms with van der Waals surface area (Å²) in [6, 6.07) is 10.6. The van der Waals surface area contributed by atoms with Crippen LogP contribution in [0.5, 0.6) is 0 Å². The quantitative estimate of drug-likeness (QED) is 0.748. The Bertz CT molecular complexity index is 582. The van der Waals surface area contributed by atoms with Gasteiger partial charge in [0.2, 0.25) is 0 Å². The molecule has 2 aromatic rings. The van der Waals surface area contributed by atoms with Gasteiger partial charge in [0.1, 0.15) is 0 Å². The van der Waals surface area contributed by atoms with E-state index in [0.717, 1.165) is 17.7 Å². The summed E-state index contributed by atoms with van der Waals surface area (Å²) < 4.78 is 0. The number of hydrogen-bond donors (Lipinski definition) is 0. The molecule has 0 radical (unpaired) electrons. The number of hydrogen-bond acceptors (Lipinski definition) is 1. The standard InChI is InChI=1S/C17H19N/c1-5-12(2)15-8-9-18-17(11-15)16-7-6-13(3)14(4)10-16/h6-11H,2,5H2,1,3-4H3. The first-order valence-corrected chi connectivity index (χ1v) is 6.33. The summed E-state index contributed by atoms with van der Waals surface area (Å²) >= 11 is 0. The van der Waals surface area contributed by atoms with Gasteiger partial charge in [0.05, 0.1) is 5.69 Å². The van der Waals surface area contributed by atoms with Gasteiger partial charge in [0.15, 0.2) is 0 Å². The summed E-state index contributed by atoms with van der Waals surface area (Å²) in [6.45, 7) is 10.5. The smallest absolute Gasteiger partial charge is 0.0708 e. The summed E-state index contributed by atoms with van der Waals surface area (Å²) in [4.78, 5) is 4.46. The van der Waals surface area contributed by atoms with E-state index < -0.39 is 0 Å². The van der Waals surface area contributed by atoms with Crippen molar-refractivity contribution in [2.24, 2.45) is 0 Å². The first-order valence-electron chi connectivity index (χ1n) is 6.33. The molecule has 0 N–H and O–H groups in total. The predicted molar refractivity (Wildman–Crippen MR) is 78.5 cm³/mol. The monoisotopic (exact) mass is 237 g/mol. The van der Waals surface area contributed by atoms with Crippen LogP contribution in [-0.2, 0) is 0 Å². The van der Waals surface area contributed by atoms with Gasteiger partial charge in [0.25, 0.3) is 0 Å². The van der Waals surface area contributed by atoms with Crippen molar-refractivity contribution in [3.63, 3.8) is 0 Å². The number of aromatic nitrogens is 1. The fourth-order valence-electron chi connectivity index (χ4n) is 1.91. The van der Waals surface area contributed by atoms with E-state index in [1.54, 1.807) is 0 Å². The van der Waals surface area contributed by atoms with Crippen molar-refractivity contribution in [1.82, 2.24) is 4.98 Å². The highest BCUT2D eigenvalue weighted by molar-refractivity contribution is 5.69. The molecule has 0 bridgehead atoms. The lowest BCUT2D eigenvalue weighted by Crippen LogP contribution is -1.89. The predicted octanol–water partition coefficient (Wildman–Crippen LogP) is 4.79. The Balaban J connectivity index is 2.44. The molecule has 18 heavy (non-hydrogen) atoms. The molecule has 0 aliphatic heterocycles. The van der Waals surface area contributed by atoms with Crippen LogP contribution in [0, 0.1) is 13.8 Å².